The van der Waals surface area contributed by atoms with Gasteiger partial charge in [-0.15, -0.1) is 11.3 Å². The summed E-state index contributed by atoms with van der Waals surface area (Å²) in [5, 5.41) is 5.41. The zero-order chi connectivity index (χ0) is 13.5. The van der Waals surface area contributed by atoms with Gasteiger partial charge in [-0.1, -0.05) is 13.0 Å². The van der Waals surface area contributed by atoms with Crippen molar-refractivity contribution < 1.29 is 0 Å². The summed E-state index contributed by atoms with van der Waals surface area (Å²) in [5.41, 5.74) is 2.58. The van der Waals surface area contributed by atoms with Gasteiger partial charge in [0.25, 0.3) is 0 Å². The molecule has 0 aliphatic rings. The van der Waals surface area contributed by atoms with E-state index in [0.29, 0.717) is 5.82 Å². The number of anilines is 2. The fourth-order valence-corrected chi connectivity index (χ4v) is 2.47. The second-order valence-corrected chi connectivity index (χ2v) is 5.24. The molecule has 2 heterocycles. The SMILES string of the molecule is CCCc1nc(NN)cc(NCCc2cccs2)n1. The number of nitrogens with two attached hydrogens (primary N) is 1. The molecule has 6 heteroatoms. The van der Waals surface area contributed by atoms with Crippen LogP contribution in [0.5, 0.6) is 0 Å². The molecule has 2 rings (SSSR count). The van der Waals surface area contributed by atoms with Crippen LogP contribution in [0.1, 0.15) is 24.0 Å². The van der Waals surface area contributed by atoms with E-state index in [1.165, 1.54) is 4.88 Å². The number of nitrogens with one attached hydrogen (secondary N) is 2. The molecular weight excluding hydrogens is 258 g/mol. The summed E-state index contributed by atoms with van der Waals surface area (Å²) in [5.74, 6) is 7.71. The van der Waals surface area contributed by atoms with Gasteiger partial charge in [0.2, 0.25) is 0 Å². The van der Waals surface area contributed by atoms with E-state index in [1.807, 2.05) is 6.07 Å². The molecule has 102 valence electrons. The molecule has 2 aromatic rings. The number of aromatic nitrogens is 2. The number of hydrogen-bond acceptors (Lipinski definition) is 6. The van der Waals surface area contributed by atoms with Crippen molar-refractivity contribution in [3.63, 3.8) is 0 Å². The molecule has 0 aliphatic heterocycles. The molecule has 0 saturated carbocycles. The zero-order valence-electron chi connectivity index (χ0n) is 11.0. The third-order valence-corrected chi connectivity index (χ3v) is 3.59. The first-order chi connectivity index (χ1) is 9.31. The molecule has 0 saturated heterocycles. The lowest BCUT2D eigenvalue weighted by molar-refractivity contribution is 0.833. The number of nitrogens with zero attached hydrogens (tertiary/aromatic N) is 2. The number of hydrazine groups is 1. The van der Waals surface area contributed by atoms with Crippen LogP contribution >= 0.6 is 11.3 Å². The lowest BCUT2D eigenvalue weighted by atomic mass is 10.3. The van der Waals surface area contributed by atoms with Crippen LogP contribution in [-0.2, 0) is 12.8 Å². The van der Waals surface area contributed by atoms with E-state index in [1.54, 1.807) is 11.3 Å². The van der Waals surface area contributed by atoms with Crippen LogP contribution in [0.3, 0.4) is 0 Å². The first-order valence-electron chi connectivity index (χ1n) is 6.42. The van der Waals surface area contributed by atoms with Crippen molar-refractivity contribution in [2.24, 2.45) is 5.84 Å². The largest absolute Gasteiger partial charge is 0.370 e. The van der Waals surface area contributed by atoms with Crippen LogP contribution in [0.15, 0.2) is 23.6 Å². The topological polar surface area (TPSA) is 75.9 Å². The van der Waals surface area contributed by atoms with Gasteiger partial charge in [0.05, 0.1) is 0 Å². The van der Waals surface area contributed by atoms with E-state index in [0.717, 1.165) is 37.4 Å². The maximum absolute atomic E-state index is 5.42. The minimum atomic E-state index is 0.650. The normalized spacial score (nSPS) is 10.4. The van der Waals surface area contributed by atoms with Crippen molar-refractivity contribution in [3.8, 4) is 0 Å². The number of aryl methyl sites for hydroxylation is 1. The van der Waals surface area contributed by atoms with Crippen LogP contribution in [0.4, 0.5) is 11.6 Å². The average Bonchev–Trinajstić information content (AvgIpc) is 2.92. The Labute approximate surface area is 117 Å². The summed E-state index contributed by atoms with van der Waals surface area (Å²) >= 11 is 1.77. The van der Waals surface area contributed by atoms with Gasteiger partial charge in [-0.05, 0) is 24.3 Å². The third-order valence-electron chi connectivity index (χ3n) is 2.65. The molecular formula is C13H19N5S. The van der Waals surface area contributed by atoms with Crippen LogP contribution < -0.4 is 16.6 Å². The summed E-state index contributed by atoms with van der Waals surface area (Å²) in [4.78, 5) is 10.2. The minimum Gasteiger partial charge on any atom is -0.370 e. The van der Waals surface area contributed by atoms with Gasteiger partial charge in [-0.2, -0.15) is 0 Å². The first kappa shape index (κ1) is 13.8. The van der Waals surface area contributed by atoms with Crippen molar-refractivity contribution in [2.75, 3.05) is 17.3 Å². The van der Waals surface area contributed by atoms with Crippen LogP contribution in [0.2, 0.25) is 0 Å². The van der Waals surface area contributed by atoms with Crippen LogP contribution in [-0.4, -0.2) is 16.5 Å². The molecule has 4 N–H and O–H groups in total. The number of nitrogen functional groups attached to an aromatic ring is 1. The quantitative estimate of drug-likeness (QED) is 0.535. The highest BCUT2D eigenvalue weighted by Crippen LogP contribution is 2.13. The summed E-state index contributed by atoms with van der Waals surface area (Å²) in [6.45, 7) is 2.96. The predicted octanol–water partition coefficient (Wildman–Crippen LogP) is 2.43. The Kier molecular flexibility index (Phi) is 5.11. The lowest BCUT2D eigenvalue weighted by Gasteiger charge is -2.09. The van der Waals surface area contributed by atoms with Gasteiger partial charge in [0.15, 0.2) is 0 Å². The maximum Gasteiger partial charge on any atom is 0.145 e. The van der Waals surface area contributed by atoms with E-state index in [4.69, 9.17) is 5.84 Å². The highest BCUT2D eigenvalue weighted by atomic mass is 32.1. The molecule has 19 heavy (non-hydrogen) atoms. The summed E-state index contributed by atoms with van der Waals surface area (Å²) < 4.78 is 0. The van der Waals surface area contributed by atoms with E-state index in [-0.39, 0.29) is 0 Å². The molecule has 0 aliphatic carbocycles. The van der Waals surface area contributed by atoms with Crippen molar-refractivity contribution in [1.82, 2.24) is 9.97 Å². The molecule has 0 spiro atoms. The number of thiophene rings is 1. The molecule has 0 aromatic carbocycles. The van der Waals surface area contributed by atoms with Crippen molar-refractivity contribution in [2.45, 2.75) is 26.2 Å². The van der Waals surface area contributed by atoms with Gasteiger partial charge in [-0.25, -0.2) is 15.8 Å². The number of hydrogen-bond donors (Lipinski definition) is 3. The van der Waals surface area contributed by atoms with Gasteiger partial charge < -0.3 is 10.7 Å². The highest BCUT2D eigenvalue weighted by molar-refractivity contribution is 7.09. The van der Waals surface area contributed by atoms with Crippen molar-refractivity contribution >= 4 is 23.0 Å². The molecule has 0 unspecified atom stereocenters. The Morgan fingerprint density at radius 1 is 1.26 bits per heavy atom. The molecule has 0 radical (unpaired) electrons. The monoisotopic (exact) mass is 277 g/mol. The minimum absolute atomic E-state index is 0.650. The van der Waals surface area contributed by atoms with Crippen LogP contribution in [0.25, 0.3) is 0 Å². The number of rotatable bonds is 7. The summed E-state index contributed by atoms with van der Waals surface area (Å²) in [6.07, 6.45) is 2.87. The molecule has 0 fully saturated rings. The van der Waals surface area contributed by atoms with Gasteiger partial charge in [-0.3, -0.25) is 0 Å². The second kappa shape index (κ2) is 7.06. The fraction of sp³-hybridized carbons (Fsp3) is 0.385. The lowest BCUT2D eigenvalue weighted by Crippen LogP contribution is -2.13. The first-order valence-corrected chi connectivity index (χ1v) is 7.30. The predicted molar refractivity (Wildman–Crippen MR) is 80.3 cm³/mol. The molecule has 2 aromatic heterocycles. The molecule has 0 amide bonds. The maximum atomic E-state index is 5.42. The molecule has 5 nitrogen and oxygen atoms in total. The fourth-order valence-electron chi connectivity index (χ4n) is 1.77. The standard InChI is InChI=1S/C13H19N5S/c1-2-4-11-16-12(9-13(17-11)18-14)15-7-6-10-5-3-8-19-10/h3,5,8-9H,2,4,6-7,14H2,1H3,(H2,15,16,17,18). The Morgan fingerprint density at radius 3 is 2.79 bits per heavy atom. The third kappa shape index (κ3) is 4.18. The van der Waals surface area contributed by atoms with E-state index < -0.39 is 0 Å². The Bertz CT molecular complexity index is 498. The van der Waals surface area contributed by atoms with E-state index >= 15 is 0 Å². The Balaban J connectivity index is 1.96. The average molecular weight is 277 g/mol. The summed E-state index contributed by atoms with van der Waals surface area (Å²) in [6, 6.07) is 6.04. The Hall–Kier alpha value is -1.66. The van der Waals surface area contributed by atoms with Gasteiger partial charge >= 0.3 is 0 Å². The van der Waals surface area contributed by atoms with E-state index in [9.17, 15) is 0 Å². The smallest absolute Gasteiger partial charge is 0.145 e. The second-order valence-electron chi connectivity index (χ2n) is 4.21. The molecule has 0 atom stereocenters. The zero-order valence-corrected chi connectivity index (χ0v) is 11.8. The molecule has 0 bridgehead atoms. The van der Waals surface area contributed by atoms with Gasteiger partial charge in [0, 0.05) is 23.9 Å². The van der Waals surface area contributed by atoms with E-state index in [2.05, 4.69) is 45.1 Å². The van der Waals surface area contributed by atoms with Crippen molar-refractivity contribution in [3.05, 3.63) is 34.3 Å². The van der Waals surface area contributed by atoms with Crippen molar-refractivity contribution in [1.29, 1.82) is 0 Å². The highest BCUT2D eigenvalue weighted by Gasteiger charge is 2.03. The summed E-state index contributed by atoms with van der Waals surface area (Å²) in [7, 11) is 0. The Morgan fingerprint density at radius 2 is 2.11 bits per heavy atom. The van der Waals surface area contributed by atoms with Crippen LogP contribution in [0, 0.1) is 0 Å². The van der Waals surface area contributed by atoms with Gasteiger partial charge in [0.1, 0.15) is 17.5 Å².